The average Bonchev–Trinajstić information content (AvgIpc) is 2.98. The summed E-state index contributed by atoms with van der Waals surface area (Å²) in [5.74, 6) is -2.01. The van der Waals surface area contributed by atoms with Gasteiger partial charge >= 0.3 is 0 Å². The number of benzene rings is 1. The van der Waals surface area contributed by atoms with Crippen molar-refractivity contribution in [3.8, 4) is 0 Å². The lowest BCUT2D eigenvalue weighted by Crippen LogP contribution is -2.32. The van der Waals surface area contributed by atoms with Gasteiger partial charge in [-0.25, -0.2) is 8.78 Å². The van der Waals surface area contributed by atoms with Gasteiger partial charge in [0.15, 0.2) is 11.6 Å². The van der Waals surface area contributed by atoms with E-state index < -0.39 is 23.8 Å². The van der Waals surface area contributed by atoms with E-state index in [0.29, 0.717) is 18.4 Å². The number of hydrogen-bond acceptors (Lipinski definition) is 3. The van der Waals surface area contributed by atoms with E-state index in [9.17, 15) is 18.7 Å². The lowest BCUT2D eigenvalue weighted by atomic mass is 10.0. The normalized spacial score (nSPS) is 20.4. The van der Waals surface area contributed by atoms with E-state index in [0.717, 1.165) is 17.8 Å². The number of aliphatic hydroxyl groups is 1. The smallest absolute Gasteiger partial charge is 0.223 e. The van der Waals surface area contributed by atoms with Crippen molar-refractivity contribution in [3.63, 3.8) is 0 Å². The Morgan fingerprint density at radius 3 is 2.79 bits per heavy atom. The Morgan fingerprint density at radius 2 is 2.08 bits per heavy atom. The molecule has 1 aromatic carbocycles. The third-order valence-electron chi connectivity index (χ3n) is 4.25. The molecule has 2 heterocycles. The maximum Gasteiger partial charge on any atom is 0.223 e. The van der Waals surface area contributed by atoms with Crippen molar-refractivity contribution < 1.29 is 18.7 Å². The topological polar surface area (TPSA) is 53.4 Å². The molecule has 1 aromatic heterocycles. The van der Waals surface area contributed by atoms with Crippen LogP contribution in [0.15, 0.2) is 42.6 Å². The zero-order valence-electron chi connectivity index (χ0n) is 13.0. The summed E-state index contributed by atoms with van der Waals surface area (Å²) < 4.78 is 26.6. The molecule has 0 radical (unpaired) electrons. The Balaban J connectivity index is 1.72. The number of aromatic nitrogens is 1. The van der Waals surface area contributed by atoms with Crippen molar-refractivity contribution in [2.24, 2.45) is 0 Å². The van der Waals surface area contributed by atoms with Crippen LogP contribution in [0.5, 0.6) is 0 Å². The van der Waals surface area contributed by atoms with Crippen LogP contribution in [0.1, 0.15) is 30.1 Å². The Morgan fingerprint density at radius 1 is 1.25 bits per heavy atom. The second-order valence-corrected chi connectivity index (χ2v) is 5.95. The molecule has 1 amide bonds. The molecule has 0 aliphatic carbocycles. The molecule has 0 saturated carbocycles. The van der Waals surface area contributed by atoms with E-state index in [2.05, 4.69) is 4.98 Å². The van der Waals surface area contributed by atoms with Gasteiger partial charge in [0, 0.05) is 24.9 Å². The number of carbonyl (C=O) groups is 1. The molecule has 1 aliphatic heterocycles. The van der Waals surface area contributed by atoms with Gasteiger partial charge in [-0.3, -0.25) is 9.78 Å². The van der Waals surface area contributed by atoms with Crippen molar-refractivity contribution in [2.75, 3.05) is 6.54 Å². The van der Waals surface area contributed by atoms with Crippen molar-refractivity contribution in [2.45, 2.75) is 31.4 Å². The zero-order chi connectivity index (χ0) is 17.1. The second-order valence-electron chi connectivity index (χ2n) is 5.95. The van der Waals surface area contributed by atoms with Crippen molar-refractivity contribution in [1.29, 1.82) is 0 Å². The van der Waals surface area contributed by atoms with Gasteiger partial charge in [0.2, 0.25) is 5.91 Å². The summed E-state index contributed by atoms with van der Waals surface area (Å²) in [6.07, 6.45) is 2.08. The molecule has 1 fully saturated rings. The third-order valence-corrected chi connectivity index (χ3v) is 4.25. The van der Waals surface area contributed by atoms with Gasteiger partial charge < -0.3 is 10.0 Å². The molecule has 126 valence electrons. The predicted octanol–water partition coefficient (Wildman–Crippen LogP) is 2.63. The number of pyridine rings is 1. The molecule has 1 N–H and O–H groups in total. The van der Waals surface area contributed by atoms with Crippen molar-refractivity contribution in [1.82, 2.24) is 9.88 Å². The lowest BCUT2D eigenvalue weighted by molar-refractivity contribution is -0.132. The molecule has 0 spiro atoms. The van der Waals surface area contributed by atoms with Crippen molar-refractivity contribution >= 4 is 5.91 Å². The number of nitrogens with zero attached hydrogens (tertiary/aromatic N) is 2. The Labute approximate surface area is 138 Å². The van der Waals surface area contributed by atoms with Gasteiger partial charge in [-0.15, -0.1) is 0 Å². The highest BCUT2D eigenvalue weighted by molar-refractivity contribution is 5.77. The number of amides is 1. The number of likely N-dealkylation sites (tertiary alicyclic amines) is 1. The van der Waals surface area contributed by atoms with E-state index in [-0.39, 0.29) is 18.9 Å². The standard InChI is InChI=1S/C18H18F2N2O2/c19-15-6-4-12(9-16(15)20)17-10-14(23)11-22(17)18(24)7-5-13-3-1-2-8-21-13/h1-4,6,8-9,14,17,23H,5,7,10-11H2/t14-,17+/m0/s1. The molecule has 3 rings (SSSR count). The number of halogens is 2. The first kappa shape index (κ1) is 16.5. The van der Waals surface area contributed by atoms with Crippen LogP contribution < -0.4 is 0 Å². The van der Waals surface area contributed by atoms with E-state index in [1.807, 2.05) is 12.1 Å². The van der Waals surface area contributed by atoms with Crippen LogP contribution >= 0.6 is 0 Å². The second kappa shape index (κ2) is 7.05. The summed E-state index contributed by atoms with van der Waals surface area (Å²) in [5.41, 5.74) is 1.31. The van der Waals surface area contributed by atoms with E-state index in [4.69, 9.17) is 0 Å². The number of aryl methyl sites for hydroxylation is 1. The quantitative estimate of drug-likeness (QED) is 0.936. The molecule has 6 heteroatoms. The van der Waals surface area contributed by atoms with E-state index in [1.165, 1.54) is 6.07 Å². The molecule has 1 saturated heterocycles. The lowest BCUT2D eigenvalue weighted by Gasteiger charge is -2.25. The van der Waals surface area contributed by atoms with Crippen LogP contribution in [0.3, 0.4) is 0 Å². The number of hydrogen-bond donors (Lipinski definition) is 1. The van der Waals surface area contributed by atoms with Crippen LogP contribution in [-0.4, -0.2) is 33.5 Å². The molecule has 1 aliphatic rings. The highest BCUT2D eigenvalue weighted by atomic mass is 19.2. The summed E-state index contributed by atoms with van der Waals surface area (Å²) >= 11 is 0. The highest BCUT2D eigenvalue weighted by Crippen LogP contribution is 2.33. The molecular weight excluding hydrogens is 314 g/mol. The molecular formula is C18H18F2N2O2. The summed E-state index contributed by atoms with van der Waals surface area (Å²) in [5, 5.41) is 9.92. The molecule has 0 bridgehead atoms. The number of β-amino-alcohol motifs (C(OH)–C–C–N with tert-alkyl or cyclic N) is 1. The molecule has 4 nitrogen and oxygen atoms in total. The zero-order valence-corrected chi connectivity index (χ0v) is 13.0. The van der Waals surface area contributed by atoms with Gasteiger partial charge in [-0.05, 0) is 42.7 Å². The maximum atomic E-state index is 13.5. The largest absolute Gasteiger partial charge is 0.391 e. The minimum atomic E-state index is -0.949. The summed E-state index contributed by atoms with van der Waals surface area (Å²) in [7, 11) is 0. The third kappa shape index (κ3) is 3.59. The molecule has 2 aromatic rings. The fourth-order valence-electron chi connectivity index (χ4n) is 3.05. The van der Waals surface area contributed by atoms with Crippen LogP contribution in [-0.2, 0) is 11.2 Å². The van der Waals surface area contributed by atoms with Gasteiger partial charge in [0.25, 0.3) is 0 Å². The number of aliphatic hydroxyl groups excluding tert-OH is 1. The number of carbonyl (C=O) groups excluding carboxylic acids is 1. The minimum absolute atomic E-state index is 0.132. The van der Waals surface area contributed by atoms with Crippen LogP contribution in [0.4, 0.5) is 8.78 Å². The first-order chi connectivity index (χ1) is 11.5. The first-order valence-corrected chi connectivity index (χ1v) is 7.87. The fraction of sp³-hybridized carbons (Fsp3) is 0.333. The molecule has 24 heavy (non-hydrogen) atoms. The maximum absolute atomic E-state index is 13.5. The monoisotopic (exact) mass is 332 g/mol. The van der Waals surface area contributed by atoms with Gasteiger partial charge in [-0.2, -0.15) is 0 Å². The molecule has 2 atom stereocenters. The van der Waals surface area contributed by atoms with Crippen LogP contribution in [0.25, 0.3) is 0 Å². The van der Waals surface area contributed by atoms with Crippen molar-refractivity contribution in [3.05, 3.63) is 65.5 Å². The summed E-state index contributed by atoms with van der Waals surface area (Å²) in [6.45, 7) is 0.199. The molecule has 0 unspecified atom stereocenters. The Bertz CT molecular complexity index is 724. The number of rotatable bonds is 4. The highest BCUT2D eigenvalue weighted by Gasteiger charge is 2.35. The van der Waals surface area contributed by atoms with Gasteiger partial charge in [0.1, 0.15) is 0 Å². The van der Waals surface area contributed by atoms with E-state index >= 15 is 0 Å². The minimum Gasteiger partial charge on any atom is -0.391 e. The van der Waals surface area contributed by atoms with Gasteiger partial charge in [0.05, 0.1) is 12.1 Å². The van der Waals surface area contributed by atoms with Crippen LogP contribution in [0.2, 0.25) is 0 Å². The first-order valence-electron chi connectivity index (χ1n) is 7.87. The average molecular weight is 332 g/mol. The van der Waals surface area contributed by atoms with Gasteiger partial charge in [-0.1, -0.05) is 12.1 Å². The predicted molar refractivity (Wildman–Crippen MR) is 84.0 cm³/mol. The Kier molecular flexibility index (Phi) is 4.85. The SMILES string of the molecule is O=C(CCc1ccccn1)N1C[C@@H](O)C[C@@H]1c1ccc(F)c(F)c1. The van der Waals surface area contributed by atoms with Crippen LogP contribution in [0, 0.1) is 11.6 Å². The summed E-state index contributed by atoms with van der Waals surface area (Å²) in [6, 6.07) is 8.67. The summed E-state index contributed by atoms with van der Waals surface area (Å²) in [4.78, 5) is 18.2. The Hall–Kier alpha value is -2.34. The van der Waals surface area contributed by atoms with E-state index in [1.54, 1.807) is 17.2 Å². The fourth-order valence-corrected chi connectivity index (χ4v) is 3.05.